The first-order chi connectivity index (χ1) is 16.8. The third-order valence-electron chi connectivity index (χ3n) is 6.41. The van der Waals surface area contributed by atoms with Crippen molar-refractivity contribution in [3.63, 3.8) is 0 Å². The Bertz CT molecular complexity index is 1370. The standard InChI is InChI=1S/C24H26ClN5O4S/c1-3-20(29-12-14-34-15-13-29)26-24(31)21-23-22(30(27-21)17-10-8-16(25)9-11-17)18-6-4-5-7-19(18)35(32,33)28(23)2/h4-11,20H,3,12-15H2,1-2H3,(H,26,31). The van der Waals surface area contributed by atoms with Gasteiger partial charge in [-0.3, -0.25) is 14.0 Å². The lowest BCUT2D eigenvalue weighted by Crippen LogP contribution is -2.52. The lowest BCUT2D eigenvalue weighted by atomic mass is 10.1. The molecule has 1 saturated heterocycles. The molecule has 5 rings (SSSR count). The molecule has 1 atom stereocenters. The first-order valence-corrected chi connectivity index (χ1v) is 13.2. The van der Waals surface area contributed by atoms with E-state index in [-0.39, 0.29) is 22.4 Å². The number of sulfonamides is 1. The molecule has 0 aliphatic carbocycles. The smallest absolute Gasteiger partial charge is 0.275 e. The van der Waals surface area contributed by atoms with Gasteiger partial charge in [0.15, 0.2) is 5.69 Å². The second-order valence-electron chi connectivity index (χ2n) is 8.45. The summed E-state index contributed by atoms with van der Waals surface area (Å²) >= 11 is 6.09. The van der Waals surface area contributed by atoms with Crippen LogP contribution in [0.1, 0.15) is 23.8 Å². The van der Waals surface area contributed by atoms with E-state index < -0.39 is 15.9 Å². The summed E-state index contributed by atoms with van der Waals surface area (Å²) in [5.74, 6) is -0.436. The zero-order chi connectivity index (χ0) is 24.7. The Labute approximate surface area is 209 Å². The van der Waals surface area contributed by atoms with Gasteiger partial charge in [0, 0.05) is 30.7 Å². The van der Waals surface area contributed by atoms with Gasteiger partial charge in [-0.1, -0.05) is 36.7 Å². The molecule has 9 nitrogen and oxygen atoms in total. The van der Waals surface area contributed by atoms with E-state index in [4.69, 9.17) is 16.3 Å². The highest BCUT2D eigenvalue weighted by atomic mass is 35.5. The fourth-order valence-electron chi connectivity index (χ4n) is 4.59. The fraction of sp³-hybridized carbons (Fsp3) is 0.333. The summed E-state index contributed by atoms with van der Waals surface area (Å²) in [5.41, 5.74) is 1.97. The lowest BCUT2D eigenvalue weighted by molar-refractivity contribution is 0.00822. The summed E-state index contributed by atoms with van der Waals surface area (Å²) < 4.78 is 34.9. The SMILES string of the molecule is CCC(NC(=O)c1nn(-c2ccc(Cl)cc2)c2c1N(C)S(=O)(=O)c1ccccc1-2)N1CCOCC1. The Hall–Kier alpha value is -2.92. The van der Waals surface area contributed by atoms with Gasteiger partial charge < -0.3 is 10.1 Å². The van der Waals surface area contributed by atoms with Gasteiger partial charge in [-0.15, -0.1) is 0 Å². The van der Waals surface area contributed by atoms with Crippen LogP contribution < -0.4 is 9.62 Å². The molecule has 0 radical (unpaired) electrons. The van der Waals surface area contributed by atoms with Crippen LogP contribution in [0, 0.1) is 0 Å². The number of ether oxygens (including phenoxy) is 1. The number of benzene rings is 2. The quantitative estimate of drug-likeness (QED) is 0.561. The summed E-state index contributed by atoms with van der Waals surface area (Å²) in [6, 6.07) is 13.8. The van der Waals surface area contributed by atoms with Crippen molar-refractivity contribution in [2.24, 2.45) is 0 Å². The van der Waals surface area contributed by atoms with Crippen LogP contribution in [0.5, 0.6) is 0 Å². The molecule has 1 amide bonds. The third kappa shape index (κ3) is 4.10. The van der Waals surface area contributed by atoms with E-state index in [1.807, 2.05) is 6.92 Å². The number of rotatable bonds is 5. The van der Waals surface area contributed by atoms with Gasteiger partial charge >= 0.3 is 0 Å². The van der Waals surface area contributed by atoms with Gasteiger partial charge in [-0.05, 0) is 36.8 Å². The molecule has 1 unspecified atom stereocenters. The maximum absolute atomic E-state index is 13.6. The summed E-state index contributed by atoms with van der Waals surface area (Å²) in [7, 11) is -2.42. The van der Waals surface area contributed by atoms with Crippen LogP contribution in [0.4, 0.5) is 5.69 Å². The first-order valence-electron chi connectivity index (χ1n) is 11.4. The summed E-state index contributed by atoms with van der Waals surface area (Å²) in [5, 5.41) is 8.27. The second-order valence-corrected chi connectivity index (χ2v) is 10.8. The van der Waals surface area contributed by atoms with Gasteiger partial charge in [0.25, 0.3) is 15.9 Å². The van der Waals surface area contributed by atoms with Crippen LogP contribution >= 0.6 is 11.6 Å². The van der Waals surface area contributed by atoms with Crippen LogP contribution in [0.15, 0.2) is 53.4 Å². The van der Waals surface area contributed by atoms with Crippen molar-refractivity contribution < 1.29 is 17.9 Å². The highest BCUT2D eigenvalue weighted by Crippen LogP contribution is 2.45. The van der Waals surface area contributed by atoms with E-state index in [1.54, 1.807) is 53.2 Å². The van der Waals surface area contributed by atoms with Crippen LogP contribution in [0.3, 0.4) is 0 Å². The molecule has 3 heterocycles. The van der Waals surface area contributed by atoms with E-state index in [9.17, 15) is 13.2 Å². The van der Waals surface area contributed by atoms with Crippen molar-refractivity contribution in [2.75, 3.05) is 37.7 Å². The van der Waals surface area contributed by atoms with Crippen LogP contribution in [-0.4, -0.2) is 68.5 Å². The number of anilines is 1. The van der Waals surface area contributed by atoms with E-state index in [0.29, 0.717) is 54.7 Å². The maximum atomic E-state index is 13.6. The van der Waals surface area contributed by atoms with E-state index in [0.717, 1.165) is 4.31 Å². The average Bonchev–Trinajstić information content (AvgIpc) is 3.28. The number of carbonyl (C=O) groups is 1. The Kier molecular flexibility index (Phi) is 6.30. The monoisotopic (exact) mass is 515 g/mol. The Balaban J connectivity index is 1.66. The second kappa shape index (κ2) is 9.27. The number of hydrogen-bond donors (Lipinski definition) is 1. The average molecular weight is 516 g/mol. The molecular formula is C24H26ClN5O4S. The molecule has 2 aliphatic heterocycles. The minimum Gasteiger partial charge on any atom is -0.379 e. The number of aromatic nitrogens is 2. The van der Waals surface area contributed by atoms with Gasteiger partial charge in [0.05, 0.1) is 30.0 Å². The normalized spacial score (nSPS) is 18.0. The van der Waals surface area contributed by atoms with Crippen LogP contribution in [-0.2, 0) is 14.8 Å². The lowest BCUT2D eigenvalue weighted by Gasteiger charge is -2.34. The number of fused-ring (bicyclic) bond motifs is 3. The van der Waals surface area contributed by atoms with E-state index in [2.05, 4.69) is 15.3 Å². The van der Waals surface area contributed by atoms with Crippen molar-refractivity contribution in [3.05, 3.63) is 59.2 Å². The predicted molar refractivity (Wildman–Crippen MR) is 134 cm³/mol. The minimum absolute atomic E-state index is 0.0437. The molecule has 184 valence electrons. The van der Waals surface area contributed by atoms with Crippen LogP contribution in [0.25, 0.3) is 16.9 Å². The molecule has 0 bridgehead atoms. The minimum atomic E-state index is -3.87. The zero-order valence-electron chi connectivity index (χ0n) is 19.4. The molecule has 2 aliphatic rings. The molecule has 1 N–H and O–H groups in total. The molecule has 1 fully saturated rings. The fourth-order valence-corrected chi connectivity index (χ4v) is 6.11. The molecule has 35 heavy (non-hydrogen) atoms. The summed E-state index contributed by atoms with van der Waals surface area (Å²) in [6.45, 7) is 4.61. The van der Waals surface area contributed by atoms with Gasteiger partial charge in [-0.25, -0.2) is 13.1 Å². The molecule has 0 saturated carbocycles. The number of hydrogen-bond acceptors (Lipinski definition) is 6. The third-order valence-corrected chi connectivity index (χ3v) is 8.48. The van der Waals surface area contributed by atoms with Crippen molar-refractivity contribution in [1.29, 1.82) is 0 Å². The largest absolute Gasteiger partial charge is 0.379 e. The van der Waals surface area contributed by atoms with Gasteiger partial charge in [0.1, 0.15) is 11.4 Å². The zero-order valence-corrected chi connectivity index (χ0v) is 21.0. The van der Waals surface area contributed by atoms with E-state index >= 15 is 0 Å². The summed E-state index contributed by atoms with van der Waals surface area (Å²) in [4.78, 5) is 15.9. The van der Waals surface area contributed by atoms with Crippen LogP contribution in [0.2, 0.25) is 5.02 Å². The van der Waals surface area contributed by atoms with Crippen molar-refractivity contribution in [2.45, 2.75) is 24.4 Å². The Morgan fingerprint density at radius 2 is 1.83 bits per heavy atom. The van der Waals surface area contributed by atoms with E-state index in [1.165, 1.54) is 7.05 Å². The number of amides is 1. The number of carbonyl (C=O) groups excluding carboxylic acids is 1. The molecular weight excluding hydrogens is 490 g/mol. The first kappa shape index (κ1) is 23.8. The van der Waals surface area contributed by atoms with Crippen molar-refractivity contribution in [3.8, 4) is 16.9 Å². The number of halogens is 1. The highest BCUT2D eigenvalue weighted by Gasteiger charge is 2.40. The molecule has 0 spiro atoms. The predicted octanol–water partition coefficient (Wildman–Crippen LogP) is 3.13. The topological polar surface area (TPSA) is 96.8 Å². The Morgan fingerprint density at radius 1 is 1.14 bits per heavy atom. The van der Waals surface area contributed by atoms with Gasteiger partial charge in [0.2, 0.25) is 0 Å². The highest BCUT2D eigenvalue weighted by molar-refractivity contribution is 7.93. The molecule has 11 heteroatoms. The molecule has 2 aromatic carbocycles. The van der Waals surface area contributed by atoms with Crippen molar-refractivity contribution in [1.82, 2.24) is 20.0 Å². The number of morpholine rings is 1. The molecule has 1 aromatic heterocycles. The summed E-state index contributed by atoms with van der Waals surface area (Å²) in [6.07, 6.45) is 0.462. The number of nitrogens with zero attached hydrogens (tertiary/aromatic N) is 4. The Morgan fingerprint density at radius 3 is 2.51 bits per heavy atom. The van der Waals surface area contributed by atoms with Crippen molar-refractivity contribution >= 4 is 33.2 Å². The maximum Gasteiger partial charge on any atom is 0.275 e. The molecule has 3 aromatic rings. The number of nitrogens with one attached hydrogen (secondary N) is 1. The van der Waals surface area contributed by atoms with Gasteiger partial charge in [-0.2, -0.15) is 5.10 Å².